The van der Waals surface area contributed by atoms with Gasteiger partial charge in [-0.25, -0.2) is 22.8 Å². The fourth-order valence-electron chi connectivity index (χ4n) is 5.79. The number of carbonyl (C=O) groups is 1. The van der Waals surface area contributed by atoms with Crippen molar-refractivity contribution in [3.05, 3.63) is 71.7 Å². The second-order valence-electron chi connectivity index (χ2n) is 10.6. The van der Waals surface area contributed by atoms with Crippen molar-refractivity contribution in [2.75, 3.05) is 0 Å². The summed E-state index contributed by atoms with van der Waals surface area (Å²) in [6.45, 7) is 0.104. The van der Waals surface area contributed by atoms with Gasteiger partial charge in [-0.15, -0.1) is 0 Å². The molecule has 2 bridgehead atoms. The van der Waals surface area contributed by atoms with Crippen molar-refractivity contribution >= 4 is 15.7 Å². The van der Waals surface area contributed by atoms with E-state index >= 15 is 0 Å². The zero-order valence-corrected chi connectivity index (χ0v) is 21.3. The number of hydrogen-bond acceptors (Lipinski definition) is 6. The maximum atomic E-state index is 13.4. The van der Waals surface area contributed by atoms with Crippen LogP contribution < -0.4 is 5.32 Å². The number of halogens is 4. The number of hydrogen-bond donors (Lipinski definition) is 1. The molecule has 4 fully saturated rings. The number of nitrogens with zero attached hydrogens (tertiary/aromatic N) is 3. The van der Waals surface area contributed by atoms with E-state index in [0.717, 1.165) is 43.1 Å². The number of fused-ring (bicyclic) bond motifs is 1. The monoisotopic (exact) mass is 560 g/mol. The van der Waals surface area contributed by atoms with Crippen molar-refractivity contribution in [2.24, 2.45) is 17.8 Å². The molecular weight excluding hydrogens is 536 g/mol. The number of sulfone groups is 1. The Balaban J connectivity index is 1.22. The zero-order chi connectivity index (χ0) is 27.5. The van der Waals surface area contributed by atoms with E-state index in [1.165, 1.54) is 12.1 Å². The van der Waals surface area contributed by atoms with E-state index in [1.54, 1.807) is 6.07 Å². The smallest absolute Gasteiger partial charge is 0.352 e. The summed E-state index contributed by atoms with van der Waals surface area (Å²) in [5.41, 5.74) is 2.19. The predicted octanol–water partition coefficient (Wildman–Crippen LogP) is 4.69. The molecule has 0 radical (unpaired) electrons. The third-order valence-electron chi connectivity index (χ3n) is 7.91. The lowest BCUT2D eigenvalue weighted by Crippen LogP contribution is -2.39. The summed E-state index contributed by atoms with van der Waals surface area (Å²) >= 11 is 0. The maximum absolute atomic E-state index is 13.4. The van der Waals surface area contributed by atoms with E-state index in [4.69, 9.17) is 0 Å². The highest BCUT2D eigenvalue weighted by molar-refractivity contribution is 7.92. The lowest BCUT2D eigenvalue weighted by atomic mass is 9.82. The molecule has 0 aliphatic heterocycles. The Labute approximate surface area is 222 Å². The van der Waals surface area contributed by atoms with Crippen LogP contribution in [0.5, 0.6) is 0 Å². The highest BCUT2D eigenvalue weighted by Gasteiger charge is 2.60. The van der Waals surface area contributed by atoms with Crippen LogP contribution in [0.4, 0.5) is 17.6 Å². The Morgan fingerprint density at radius 1 is 1.00 bits per heavy atom. The van der Waals surface area contributed by atoms with Gasteiger partial charge in [0.1, 0.15) is 5.82 Å². The Kier molecular flexibility index (Phi) is 6.20. The number of amides is 1. The van der Waals surface area contributed by atoms with Crippen molar-refractivity contribution in [1.29, 1.82) is 0 Å². The fourth-order valence-corrected chi connectivity index (χ4v) is 8.08. The summed E-state index contributed by atoms with van der Waals surface area (Å²) in [6.07, 6.45) is 0.701. The normalized spacial score (nSPS) is 24.3. The molecule has 4 aliphatic rings. The van der Waals surface area contributed by atoms with Crippen LogP contribution in [-0.2, 0) is 27.4 Å². The molecule has 0 saturated heterocycles. The number of carbonyl (C=O) groups excluding carboxylic acids is 1. The first-order valence-electron chi connectivity index (χ1n) is 12.7. The van der Waals surface area contributed by atoms with Gasteiger partial charge in [-0.3, -0.25) is 9.78 Å². The number of benzene rings is 1. The minimum Gasteiger partial charge on any atom is -0.352 e. The molecule has 2 heterocycles. The third-order valence-corrected chi connectivity index (χ3v) is 10.2. The van der Waals surface area contributed by atoms with Crippen LogP contribution in [0.2, 0.25) is 0 Å². The number of alkyl halides is 3. The molecule has 7 rings (SSSR count). The number of rotatable bonds is 7. The molecule has 7 nitrogen and oxygen atoms in total. The largest absolute Gasteiger partial charge is 0.451 e. The molecule has 204 valence electrons. The highest BCUT2D eigenvalue weighted by atomic mass is 32.2. The second kappa shape index (κ2) is 9.35. The van der Waals surface area contributed by atoms with Gasteiger partial charge in [-0.1, -0.05) is 0 Å². The van der Waals surface area contributed by atoms with E-state index in [0.29, 0.717) is 29.7 Å². The van der Waals surface area contributed by atoms with E-state index in [2.05, 4.69) is 20.3 Å². The van der Waals surface area contributed by atoms with Crippen LogP contribution in [0.3, 0.4) is 0 Å². The minimum absolute atomic E-state index is 0.00543. The molecule has 12 heteroatoms. The molecular formula is C27H24F4N4O3S. The molecule has 4 aliphatic carbocycles. The van der Waals surface area contributed by atoms with Crippen molar-refractivity contribution in [1.82, 2.24) is 20.3 Å². The Morgan fingerprint density at radius 3 is 2.28 bits per heavy atom. The first kappa shape index (κ1) is 25.8. The van der Waals surface area contributed by atoms with Gasteiger partial charge < -0.3 is 5.32 Å². The summed E-state index contributed by atoms with van der Waals surface area (Å²) in [5.74, 6) is -2.76. The molecule has 1 amide bonds. The van der Waals surface area contributed by atoms with Gasteiger partial charge >= 0.3 is 6.18 Å². The van der Waals surface area contributed by atoms with Crippen LogP contribution >= 0.6 is 0 Å². The number of pyridine rings is 1. The van der Waals surface area contributed by atoms with Crippen molar-refractivity contribution in [3.8, 4) is 11.3 Å². The molecule has 1 unspecified atom stereocenters. The first-order chi connectivity index (χ1) is 18.5. The molecule has 39 heavy (non-hydrogen) atoms. The quantitative estimate of drug-likeness (QED) is 0.332. The molecule has 2 aromatic heterocycles. The molecule has 2 atom stereocenters. The third kappa shape index (κ3) is 4.90. The average Bonchev–Trinajstić information content (AvgIpc) is 3.56. The highest BCUT2D eigenvalue weighted by Crippen LogP contribution is 2.56. The molecule has 4 saturated carbocycles. The van der Waals surface area contributed by atoms with E-state index in [-0.39, 0.29) is 35.1 Å². The predicted molar refractivity (Wildman–Crippen MR) is 131 cm³/mol. The van der Waals surface area contributed by atoms with Crippen LogP contribution in [-0.4, -0.2) is 34.5 Å². The van der Waals surface area contributed by atoms with Crippen LogP contribution in [0, 0.1) is 23.6 Å². The summed E-state index contributed by atoms with van der Waals surface area (Å²) in [4.78, 5) is 24.8. The Hall–Kier alpha value is -3.41. The number of aromatic nitrogens is 3. The van der Waals surface area contributed by atoms with Gasteiger partial charge in [0.15, 0.2) is 9.84 Å². The molecule has 3 aromatic rings. The van der Waals surface area contributed by atoms with Gasteiger partial charge in [0, 0.05) is 36.1 Å². The topological polar surface area (TPSA) is 102 Å². The zero-order valence-electron chi connectivity index (χ0n) is 20.5. The van der Waals surface area contributed by atoms with Gasteiger partial charge in [-0.2, -0.15) is 13.2 Å². The SMILES string of the molecule is O=C(NCc1cc(-c2cnc(C(F)(F)F)nc2)nc(C2CC2)c1)[C@@H]1C2CC(C2)C1S(=O)(=O)c1ccc(F)cc1. The molecule has 1 aromatic carbocycles. The molecule has 0 spiro atoms. The van der Waals surface area contributed by atoms with Crippen LogP contribution in [0.25, 0.3) is 11.3 Å². The van der Waals surface area contributed by atoms with Crippen molar-refractivity contribution in [2.45, 2.75) is 54.5 Å². The Bertz CT molecular complexity index is 1520. The van der Waals surface area contributed by atoms with E-state index < -0.39 is 38.8 Å². The lowest BCUT2D eigenvalue weighted by molar-refractivity contribution is -0.145. The minimum atomic E-state index is -4.65. The summed E-state index contributed by atoms with van der Waals surface area (Å²) in [6, 6.07) is 8.19. The first-order valence-corrected chi connectivity index (χ1v) is 14.2. The van der Waals surface area contributed by atoms with Crippen molar-refractivity contribution in [3.63, 3.8) is 0 Å². The van der Waals surface area contributed by atoms with Crippen LogP contribution in [0.1, 0.15) is 48.7 Å². The molecule has 1 N–H and O–H groups in total. The van der Waals surface area contributed by atoms with Gasteiger partial charge in [-0.05, 0) is 79.5 Å². The summed E-state index contributed by atoms with van der Waals surface area (Å²) < 4.78 is 78.8. The van der Waals surface area contributed by atoms with Gasteiger partial charge in [0.05, 0.1) is 21.8 Å². The van der Waals surface area contributed by atoms with Crippen molar-refractivity contribution < 1.29 is 30.8 Å². The van der Waals surface area contributed by atoms with Crippen LogP contribution in [0.15, 0.2) is 53.7 Å². The van der Waals surface area contributed by atoms with Gasteiger partial charge in [0.25, 0.3) is 0 Å². The standard InChI is InChI=1S/C27H24F4N4O3S/c28-19-3-5-20(6-4-19)39(37,38)24-17-9-16(10-17)23(24)25(36)32-11-14-7-21(15-1-2-15)35-22(8-14)18-12-33-26(34-13-18)27(29,30)31/h3-8,12-13,15-17,23-24H,1-2,9-11H2,(H,32,36)/t16?,17?,23-,24?/m1/s1. The average molecular weight is 561 g/mol. The van der Waals surface area contributed by atoms with Gasteiger partial charge in [0.2, 0.25) is 11.7 Å². The van der Waals surface area contributed by atoms with E-state index in [9.17, 15) is 30.8 Å². The maximum Gasteiger partial charge on any atom is 0.451 e. The second-order valence-corrected chi connectivity index (χ2v) is 12.7. The summed E-state index contributed by atoms with van der Waals surface area (Å²) in [5, 5.41) is 2.02. The lowest BCUT2D eigenvalue weighted by Gasteiger charge is -2.24. The number of nitrogens with one attached hydrogen (secondary N) is 1. The summed E-state index contributed by atoms with van der Waals surface area (Å²) in [7, 11) is -3.84. The fraction of sp³-hybridized carbons (Fsp3) is 0.407. The Morgan fingerprint density at radius 2 is 1.67 bits per heavy atom. The van der Waals surface area contributed by atoms with E-state index in [1.807, 2.05) is 6.07 Å².